The molecular formula is C11H14ClNO4S2. The van der Waals surface area contributed by atoms with Crippen molar-refractivity contribution in [2.24, 2.45) is 0 Å². The van der Waals surface area contributed by atoms with Crippen molar-refractivity contribution in [3.8, 4) is 0 Å². The van der Waals surface area contributed by atoms with Crippen LogP contribution >= 0.6 is 22.0 Å². The topological polar surface area (TPSA) is 63.7 Å². The number of nitrogens with zero attached hydrogens (tertiary/aromatic N) is 1. The van der Waals surface area contributed by atoms with Crippen LogP contribution in [0.1, 0.15) is 21.0 Å². The summed E-state index contributed by atoms with van der Waals surface area (Å²) in [4.78, 5) is 14.9. The second-order valence-electron chi connectivity index (χ2n) is 4.37. The standard InChI is InChI=1S/C11H14ClNO4S2/c1-7-10(19(12,15)16)5-9(18-7)11(14)13-4-3-8(6-13)17-2/h5,8H,3-4,6H2,1-2H3. The highest BCUT2D eigenvalue weighted by molar-refractivity contribution is 8.13. The van der Waals surface area contributed by atoms with Gasteiger partial charge in [0, 0.05) is 35.8 Å². The van der Waals surface area contributed by atoms with Crippen LogP contribution < -0.4 is 0 Å². The van der Waals surface area contributed by atoms with Gasteiger partial charge in [0.05, 0.1) is 15.9 Å². The SMILES string of the molecule is COC1CCN(C(=O)c2cc(S(=O)(=O)Cl)c(C)s2)C1. The number of methoxy groups -OCH3 is 1. The summed E-state index contributed by atoms with van der Waals surface area (Å²) in [6.45, 7) is 2.80. The number of rotatable bonds is 3. The van der Waals surface area contributed by atoms with Crippen molar-refractivity contribution in [2.75, 3.05) is 20.2 Å². The highest BCUT2D eigenvalue weighted by Crippen LogP contribution is 2.29. The lowest BCUT2D eigenvalue weighted by Gasteiger charge is -2.14. The summed E-state index contributed by atoms with van der Waals surface area (Å²) < 4.78 is 27.9. The maximum Gasteiger partial charge on any atom is 0.264 e. The molecule has 0 spiro atoms. The number of carbonyl (C=O) groups excluding carboxylic acids is 1. The summed E-state index contributed by atoms with van der Waals surface area (Å²) in [6, 6.07) is 1.35. The predicted octanol–water partition coefficient (Wildman–Crippen LogP) is 1.84. The molecule has 0 aliphatic carbocycles. The van der Waals surface area contributed by atoms with Crippen molar-refractivity contribution in [1.82, 2.24) is 4.90 Å². The van der Waals surface area contributed by atoms with E-state index in [9.17, 15) is 13.2 Å². The number of amides is 1. The average Bonchev–Trinajstić information content (AvgIpc) is 2.93. The maximum absolute atomic E-state index is 12.2. The second-order valence-corrected chi connectivity index (χ2v) is 8.16. The van der Waals surface area contributed by atoms with Crippen LogP contribution in [-0.4, -0.2) is 45.5 Å². The van der Waals surface area contributed by atoms with E-state index < -0.39 is 9.05 Å². The fourth-order valence-corrected chi connectivity index (χ4v) is 4.71. The molecule has 2 heterocycles. The van der Waals surface area contributed by atoms with E-state index in [0.29, 0.717) is 22.8 Å². The Hall–Kier alpha value is -0.630. The lowest BCUT2D eigenvalue weighted by Crippen LogP contribution is -2.29. The van der Waals surface area contributed by atoms with Gasteiger partial charge in [0.1, 0.15) is 0 Å². The lowest BCUT2D eigenvalue weighted by molar-refractivity contribution is 0.0728. The molecule has 106 valence electrons. The Bertz CT molecular complexity index is 596. The fourth-order valence-electron chi connectivity index (χ4n) is 2.07. The zero-order valence-electron chi connectivity index (χ0n) is 10.6. The number of ether oxygens (including phenoxy) is 1. The molecular weight excluding hydrogens is 310 g/mol. The summed E-state index contributed by atoms with van der Waals surface area (Å²) >= 11 is 1.15. The van der Waals surface area contributed by atoms with Crippen LogP contribution in [-0.2, 0) is 13.8 Å². The van der Waals surface area contributed by atoms with Gasteiger partial charge in [-0.1, -0.05) is 0 Å². The van der Waals surface area contributed by atoms with Crippen LogP contribution in [0.5, 0.6) is 0 Å². The zero-order valence-corrected chi connectivity index (χ0v) is 12.9. The molecule has 0 bridgehead atoms. The Morgan fingerprint density at radius 1 is 1.58 bits per heavy atom. The van der Waals surface area contributed by atoms with Crippen LogP contribution in [0.2, 0.25) is 0 Å². The largest absolute Gasteiger partial charge is 0.380 e. The van der Waals surface area contributed by atoms with Gasteiger partial charge in [-0.05, 0) is 19.4 Å². The van der Waals surface area contributed by atoms with Crippen LogP contribution in [0.3, 0.4) is 0 Å². The Balaban J connectivity index is 2.22. The first-order valence-corrected chi connectivity index (χ1v) is 8.82. The third-order valence-corrected chi connectivity index (χ3v) is 5.73. The summed E-state index contributed by atoms with van der Waals surface area (Å²) in [5.74, 6) is -0.167. The first kappa shape index (κ1) is 14.8. The molecule has 8 heteroatoms. The molecule has 0 radical (unpaired) electrons. The third-order valence-electron chi connectivity index (χ3n) is 3.11. The van der Waals surface area contributed by atoms with E-state index in [1.54, 1.807) is 18.9 Å². The van der Waals surface area contributed by atoms with Gasteiger partial charge in [0.25, 0.3) is 15.0 Å². The van der Waals surface area contributed by atoms with E-state index in [4.69, 9.17) is 15.4 Å². The van der Waals surface area contributed by atoms with E-state index in [1.807, 2.05) is 0 Å². The van der Waals surface area contributed by atoms with E-state index in [-0.39, 0.29) is 16.9 Å². The Kier molecular flexibility index (Phi) is 4.20. The van der Waals surface area contributed by atoms with Crippen LogP contribution in [0.25, 0.3) is 0 Å². The molecule has 0 aromatic carbocycles. The number of hydrogen-bond acceptors (Lipinski definition) is 5. The predicted molar refractivity (Wildman–Crippen MR) is 73.4 cm³/mol. The van der Waals surface area contributed by atoms with Gasteiger partial charge in [-0.3, -0.25) is 4.79 Å². The fraction of sp³-hybridized carbons (Fsp3) is 0.545. The van der Waals surface area contributed by atoms with Gasteiger partial charge in [-0.25, -0.2) is 8.42 Å². The minimum Gasteiger partial charge on any atom is -0.380 e. The second kappa shape index (κ2) is 5.40. The highest BCUT2D eigenvalue weighted by atomic mass is 35.7. The minimum atomic E-state index is -3.80. The monoisotopic (exact) mass is 323 g/mol. The molecule has 1 aliphatic rings. The van der Waals surface area contributed by atoms with Crippen molar-refractivity contribution in [3.05, 3.63) is 15.8 Å². The molecule has 1 amide bonds. The summed E-state index contributed by atoms with van der Waals surface area (Å²) in [6.07, 6.45) is 0.856. The number of likely N-dealkylation sites (tertiary alicyclic amines) is 1. The van der Waals surface area contributed by atoms with Crippen molar-refractivity contribution < 1.29 is 17.9 Å². The molecule has 2 rings (SSSR count). The molecule has 19 heavy (non-hydrogen) atoms. The molecule has 5 nitrogen and oxygen atoms in total. The summed E-state index contributed by atoms with van der Waals surface area (Å²) in [5, 5.41) is 0. The third kappa shape index (κ3) is 3.10. The average molecular weight is 324 g/mol. The molecule has 1 atom stereocenters. The highest BCUT2D eigenvalue weighted by Gasteiger charge is 2.29. The van der Waals surface area contributed by atoms with E-state index in [1.165, 1.54) is 6.07 Å². The molecule has 1 saturated heterocycles. The molecule has 1 aliphatic heterocycles. The van der Waals surface area contributed by atoms with Gasteiger partial charge in [0.15, 0.2) is 0 Å². The summed E-state index contributed by atoms with van der Waals surface area (Å²) in [7, 11) is 3.14. The van der Waals surface area contributed by atoms with Crippen LogP contribution in [0.4, 0.5) is 0 Å². The van der Waals surface area contributed by atoms with Crippen molar-refractivity contribution >= 4 is 37.0 Å². The molecule has 1 fully saturated rings. The summed E-state index contributed by atoms with van der Waals surface area (Å²) in [5.41, 5.74) is 0. The van der Waals surface area contributed by atoms with E-state index in [2.05, 4.69) is 0 Å². The van der Waals surface area contributed by atoms with Crippen LogP contribution in [0, 0.1) is 6.92 Å². The molecule has 1 aromatic rings. The smallest absolute Gasteiger partial charge is 0.264 e. The molecule has 0 N–H and O–H groups in total. The van der Waals surface area contributed by atoms with Gasteiger partial charge < -0.3 is 9.64 Å². The maximum atomic E-state index is 12.2. The number of aryl methyl sites for hydroxylation is 1. The lowest BCUT2D eigenvalue weighted by atomic mass is 10.3. The van der Waals surface area contributed by atoms with Gasteiger partial charge in [-0.15, -0.1) is 11.3 Å². The van der Waals surface area contributed by atoms with E-state index >= 15 is 0 Å². The number of carbonyl (C=O) groups is 1. The molecule has 1 unspecified atom stereocenters. The number of thiophene rings is 1. The zero-order chi connectivity index (χ0) is 14.2. The number of hydrogen-bond donors (Lipinski definition) is 0. The Labute approximate surface area is 120 Å². The van der Waals surface area contributed by atoms with E-state index in [0.717, 1.165) is 17.8 Å². The van der Waals surface area contributed by atoms with Gasteiger partial charge >= 0.3 is 0 Å². The van der Waals surface area contributed by atoms with Crippen molar-refractivity contribution in [1.29, 1.82) is 0 Å². The Morgan fingerprint density at radius 2 is 2.26 bits per heavy atom. The molecule has 0 saturated carbocycles. The first-order valence-electron chi connectivity index (χ1n) is 5.70. The van der Waals surface area contributed by atoms with Crippen molar-refractivity contribution in [2.45, 2.75) is 24.3 Å². The quantitative estimate of drug-likeness (QED) is 0.796. The minimum absolute atomic E-state index is 0.0185. The molecule has 1 aromatic heterocycles. The van der Waals surface area contributed by atoms with Gasteiger partial charge in [0.2, 0.25) is 0 Å². The van der Waals surface area contributed by atoms with Gasteiger partial charge in [-0.2, -0.15) is 0 Å². The number of halogens is 1. The van der Waals surface area contributed by atoms with Crippen molar-refractivity contribution in [3.63, 3.8) is 0 Å². The van der Waals surface area contributed by atoms with Crippen LogP contribution in [0.15, 0.2) is 11.0 Å². The first-order chi connectivity index (χ1) is 8.82. The Morgan fingerprint density at radius 3 is 2.74 bits per heavy atom. The normalized spacial score (nSPS) is 19.9.